The second-order valence-corrected chi connectivity index (χ2v) is 5.54. The summed E-state index contributed by atoms with van der Waals surface area (Å²) in [6, 6.07) is 7.24. The molecule has 9 heteroatoms. The zero-order valence-corrected chi connectivity index (χ0v) is 11.1. The van der Waals surface area contributed by atoms with Gasteiger partial charge < -0.3 is 15.6 Å². The Hall–Kier alpha value is -2.15. The molecule has 0 saturated carbocycles. The van der Waals surface area contributed by atoms with Crippen LogP contribution in [0.2, 0.25) is 0 Å². The summed E-state index contributed by atoms with van der Waals surface area (Å²) in [7, 11) is -3.86. The number of ether oxygens (including phenoxy) is 1. The number of rotatable bonds is 6. The van der Waals surface area contributed by atoms with E-state index in [0.29, 0.717) is 0 Å². The number of nitrogens with zero attached hydrogens (tertiary/aromatic N) is 1. The molecule has 0 heterocycles. The third kappa shape index (κ3) is 4.85. The Labute approximate surface area is 115 Å². The Balaban J connectivity index is 2.66. The molecule has 0 bridgehead atoms. The Kier molecular flexibility index (Phi) is 5.45. The third-order valence-electron chi connectivity index (χ3n) is 2.20. The molecule has 0 aliphatic rings. The van der Waals surface area contributed by atoms with E-state index in [1.807, 2.05) is 6.07 Å². The number of carbonyl (C=O) groups is 1. The fraction of sp³-hybridized carbons (Fsp3) is 0.273. The molecule has 0 aliphatic heterocycles. The number of hydrogen-bond acceptors (Lipinski definition) is 6. The van der Waals surface area contributed by atoms with E-state index in [1.165, 1.54) is 24.3 Å². The van der Waals surface area contributed by atoms with Gasteiger partial charge >= 0.3 is 6.09 Å². The molecule has 4 N–H and O–H groups in total. The summed E-state index contributed by atoms with van der Waals surface area (Å²) in [5.41, 5.74) is 4.90. The second kappa shape index (κ2) is 6.85. The standard InChI is InChI=1S/C11H13N3O5S/c12-5-8-2-1-3-10(4-8)20(17,18)14-6-9(15)7-19-11(13)16/h1-4,9,14-15H,6-7H2,(H2,13,16). The summed E-state index contributed by atoms with van der Waals surface area (Å²) in [6.45, 7) is -0.775. The minimum absolute atomic E-state index is 0.0976. The summed E-state index contributed by atoms with van der Waals surface area (Å²) in [6.07, 6.45) is -2.29. The SMILES string of the molecule is N#Cc1cccc(S(=O)(=O)NCC(O)COC(N)=O)c1. The van der Waals surface area contributed by atoms with Gasteiger partial charge in [0.2, 0.25) is 10.0 Å². The van der Waals surface area contributed by atoms with Crippen molar-refractivity contribution in [3.63, 3.8) is 0 Å². The lowest BCUT2D eigenvalue weighted by atomic mass is 10.2. The Morgan fingerprint density at radius 3 is 2.85 bits per heavy atom. The number of hydrogen-bond donors (Lipinski definition) is 3. The number of nitrogens with two attached hydrogens (primary N) is 1. The highest BCUT2D eigenvalue weighted by atomic mass is 32.2. The number of nitrogens with one attached hydrogen (secondary N) is 1. The molecule has 0 radical (unpaired) electrons. The van der Waals surface area contributed by atoms with E-state index >= 15 is 0 Å². The van der Waals surface area contributed by atoms with Crippen LogP contribution in [-0.4, -0.2) is 38.9 Å². The molecule has 8 nitrogen and oxygen atoms in total. The fourth-order valence-electron chi connectivity index (χ4n) is 1.26. The smallest absolute Gasteiger partial charge is 0.404 e. The van der Waals surface area contributed by atoms with E-state index in [1.54, 1.807) is 0 Å². The van der Waals surface area contributed by atoms with Crippen LogP contribution >= 0.6 is 0 Å². The van der Waals surface area contributed by atoms with Crippen LogP contribution in [0, 0.1) is 11.3 Å². The molecule has 1 aromatic rings. The van der Waals surface area contributed by atoms with Gasteiger partial charge in [-0.05, 0) is 18.2 Å². The van der Waals surface area contributed by atoms with Crippen LogP contribution in [0.25, 0.3) is 0 Å². The third-order valence-corrected chi connectivity index (χ3v) is 3.62. The average molecular weight is 299 g/mol. The maximum absolute atomic E-state index is 11.9. The van der Waals surface area contributed by atoms with E-state index in [9.17, 15) is 18.3 Å². The molecule has 1 aromatic carbocycles. The Morgan fingerprint density at radius 2 is 2.25 bits per heavy atom. The number of amides is 1. The van der Waals surface area contributed by atoms with E-state index in [0.717, 1.165) is 0 Å². The van der Waals surface area contributed by atoms with E-state index in [-0.39, 0.29) is 17.0 Å². The first-order valence-corrected chi connectivity index (χ1v) is 6.93. The van der Waals surface area contributed by atoms with Gasteiger partial charge in [-0.3, -0.25) is 0 Å². The molecule has 1 atom stereocenters. The monoisotopic (exact) mass is 299 g/mol. The predicted octanol–water partition coefficient (Wildman–Crippen LogP) is -0.707. The van der Waals surface area contributed by atoms with Gasteiger partial charge in [0.25, 0.3) is 0 Å². The van der Waals surface area contributed by atoms with Crippen LogP contribution in [0.15, 0.2) is 29.2 Å². The number of primary amides is 1. The van der Waals surface area contributed by atoms with Crippen molar-refractivity contribution in [3.05, 3.63) is 29.8 Å². The van der Waals surface area contributed by atoms with Crippen molar-refractivity contribution in [3.8, 4) is 6.07 Å². The number of nitriles is 1. The first-order valence-electron chi connectivity index (χ1n) is 5.45. The molecule has 1 unspecified atom stereocenters. The number of carbonyl (C=O) groups excluding carboxylic acids is 1. The minimum Gasteiger partial charge on any atom is -0.447 e. The largest absolute Gasteiger partial charge is 0.447 e. The molecule has 20 heavy (non-hydrogen) atoms. The normalized spacial score (nSPS) is 12.4. The zero-order valence-electron chi connectivity index (χ0n) is 10.3. The number of aliphatic hydroxyl groups is 1. The molecule has 0 aromatic heterocycles. The first kappa shape index (κ1) is 15.9. The van der Waals surface area contributed by atoms with Crippen LogP contribution in [0.1, 0.15) is 5.56 Å². The van der Waals surface area contributed by atoms with Gasteiger partial charge in [-0.2, -0.15) is 5.26 Å². The van der Waals surface area contributed by atoms with Gasteiger partial charge in [0.15, 0.2) is 0 Å². The van der Waals surface area contributed by atoms with Crippen molar-refractivity contribution in [1.82, 2.24) is 4.72 Å². The molecular formula is C11H13N3O5S. The van der Waals surface area contributed by atoms with E-state index in [4.69, 9.17) is 11.0 Å². The van der Waals surface area contributed by atoms with Gasteiger partial charge in [-0.25, -0.2) is 17.9 Å². The topological polar surface area (TPSA) is 143 Å². The first-order chi connectivity index (χ1) is 9.35. The lowest BCUT2D eigenvalue weighted by Crippen LogP contribution is -2.35. The number of sulfonamides is 1. The molecule has 0 spiro atoms. The molecule has 1 amide bonds. The summed E-state index contributed by atoms with van der Waals surface area (Å²) in [5.74, 6) is 0. The van der Waals surface area contributed by atoms with Crippen molar-refractivity contribution >= 4 is 16.1 Å². The molecule has 0 aliphatic carbocycles. The van der Waals surface area contributed by atoms with E-state index in [2.05, 4.69) is 9.46 Å². The molecular weight excluding hydrogens is 286 g/mol. The van der Waals surface area contributed by atoms with Crippen molar-refractivity contribution in [2.75, 3.05) is 13.2 Å². The van der Waals surface area contributed by atoms with Crippen LogP contribution in [0.5, 0.6) is 0 Å². The van der Waals surface area contributed by atoms with Crippen molar-refractivity contribution in [2.24, 2.45) is 5.73 Å². The highest BCUT2D eigenvalue weighted by molar-refractivity contribution is 7.89. The van der Waals surface area contributed by atoms with Crippen molar-refractivity contribution in [2.45, 2.75) is 11.0 Å². The highest BCUT2D eigenvalue weighted by Crippen LogP contribution is 2.10. The Bertz CT molecular complexity index is 623. The highest BCUT2D eigenvalue weighted by Gasteiger charge is 2.16. The molecule has 1 rings (SSSR count). The summed E-state index contributed by atoms with van der Waals surface area (Å²) < 4.78 is 30.2. The minimum atomic E-state index is -3.86. The number of benzene rings is 1. The van der Waals surface area contributed by atoms with Crippen molar-refractivity contribution in [1.29, 1.82) is 5.26 Å². The summed E-state index contributed by atoms with van der Waals surface area (Å²) in [5, 5.41) is 18.1. The second-order valence-electron chi connectivity index (χ2n) is 3.78. The van der Waals surface area contributed by atoms with Gasteiger partial charge in [0, 0.05) is 6.54 Å². The van der Waals surface area contributed by atoms with Crippen LogP contribution in [0.4, 0.5) is 4.79 Å². The van der Waals surface area contributed by atoms with Crippen LogP contribution in [-0.2, 0) is 14.8 Å². The average Bonchev–Trinajstić information content (AvgIpc) is 2.43. The maximum Gasteiger partial charge on any atom is 0.404 e. The van der Waals surface area contributed by atoms with E-state index < -0.39 is 28.8 Å². The van der Waals surface area contributed by atoms with Crippen molar-refractivity contribution < 1.29 is 23.1 Å². The lowest BCUT2D eigenvalue weighted by molar-refractivity contribution is 0.0758. The summed E-state index contributed by atoms with van der Waals surface area (Å²) in [4.78, 5) is 10.2. The Morgan fingerprint density at radius 1 is 1.55 bits per heavy atom. The molecule has 108 valence electrons. The van der Waals surface area contributed by atoms with Gasteiger partial charge in [-0.1, -0.05) is 6.07 Å². The molecule has 0 saturated heterocycles. The number of aliphatic hydroxyl groups excluding tert-OH is 1. The van der Waals surface area contributed by atoms with Gasteiger partial charge in [0.1, 0.15) is 12.7 Å². The van der Waals surface area contributed by atoms with Gasteiger partial charge in [-0.15, -0.1) is 0 Å². The maximum atomic E-state index is 11.9. The summed E-state index contributed by atoms with van der Waals surface area (Å²) >= 11 is 0. The van der Waals surface area contributed by atoms with Gasteiger partial charge in [0.05, 0.1) is 16.5 Å². The fourth-order valence-corrected chi connectivity index (χ4v) is 2.38. The molecule has 0 fully saturated rings. The quantitative estimate of drug-likeness (QED) is 0.633. The zero-order chi connectivity index (χ0) is 15.2. The lowest BCUT2D eigenvalue weighted by Gasteiger charge is -2.12. The van der Waals surface area contributed by atoms with Crippen LogP contribution < -0.4 is 10.5 Å². The predicted molar refractivity (Wildman–Crippen MR) is 67.9 cm³/mol. The van der Waals surface area contributed by atoms with Crippen LogP contribution in [0.3, 0.4) is 0 Å².